The lowest BCUT2D eigenvalue weighted by molar-refractivity contribution is 0.208. The molecule has 0 saturated carbocycles. The van der Waals surface area contributed by atoms with E-state index in [2.05, 4.69) is 36.2 Å². The number of piperazine rings is 1. The van der Waals surface area contributed by atoms with Gasteiger partial charge in [0.25, 0.3) is 0 Å². The van der Waals surface area contributed by atoms with Gasteiger partial charge >= 0.3 is 6.03 Å². The van der Waals surface area contributed by atoms with Crippen LogP contribution < -0.4 is 15.0 Å². The predicted molar refractivity (Wildman–Crippen MR) is 115 cm³/mol. The highest BCUT2D eigenvalue weighted by Crippen LogP contribution is 2.32. The van der Waals surface area contributed by atoms with Gasteiger partial charge in [-0.25, -0.2) is 9.78 Å². The number of hydrogen-bond acceptors (Lipinski definition) is 5. The summed E-state index contributed by atoms with van der Waals surface area (Å²) in [6.45, 7) is 7.16. The number of rotatable bonds is 3. The van der Waals surface area contributed by atoms with E-state index < -0.39 is 0 Å². The lowest BCUT2D eigenvalue weighted by Gasteiger charge is -2.34. The molecule has 3 aromatic rings. The molecule has 1 aliphatic heterocycles. The highest BCUT2D eigenvalue weighted by atomic mass is 32.1. The summed E-state index contributed by atoms with van der Waals surface area (Å²) in [5.74, 6) is 0.771. The summed E-state index contributed by atoms with van der Waals surface area (Å²) in [6.07, 6.45) is 0. The molecule has 0 aliphatic carbocycles. The van der Waals surface area contributed by atoms with Gasteiger partial charge in [0.15, 0.2) is 5.13 Å². The van der Waals surface area contributed by atoms with Crippen molar-refractivity contribution in [1.82, 2.24) is 9.88 Å². The Kier molecular flexibility index (Phi) is 5.09. The van der Waals surface area contributed by atoms with Crippen LogP contribution in [0.2, 0.25) is 0 Å². The van der Waals surface area contributed by atoms with Crippen molar-refractivity contribution < 1.29 is 9.53 Å². The Morgan fingerprint density at radius 3 is 2.50 bits per heavy atom. The smallest absolute Gasteiger partial charge is 0.321 e. The third-order valence-electron chi connectivity index (χ3n) is 4.99. The van der Waals surface area contributed by atoms with Crippen LogP contribution >= 0.6 is 11.3 Å². The SMILES string of the molecule is COc1ccc(NC(=O)N2CCN(c3nc4cc(C)cc(C)c4s3)CC2)cc1. The van der Waals surface area contributed by atoms with E-state index in [4.69, 9.17) is 9.72 Å². The van der Waals surface area contributed by atoms with Crippen LogP contribution in [0.25, 0.3) is 10.2 Å². The second-order valence-corrected chi connectivity index (χ2v) is 8.04. The van der Waals surface area contributed by atoms with Gasteiger partial charge in [-0.2, -0.15) is 0 Å². The van der Waals surface area contributed by atoms with Crippen molar-refractivity contribution >= 4 is 38.4 Å². The zero-order valence-corrected chi connectivity index (χ0v) is 17.2. The third-order valence-corrected chi connectivity index (χ3v) is 6.25. The molecule has 0 bridgehead atoms. The number of thiazole rings is 1. The molecule has 4 rings (SSSR count). The molecular formula is C21H24N4O2S. The minimum absolute atomic E-state index is 0.0689. The number of ether oxygens (including phenoxy) is 1. The van der Waals surface area contributed by atoms with Crippen LogP contribution in [0.4, 0.5) is 15.6 Å². The number of anilines is 2. The number of aromatic nitrogens is 1. The molecule has 2 heterocycles. The van der Waals surface area contributed by atoms with E-state index in [9.17, 15) is 4.79 Å². The van der Waals surface area contributed by atoms with Crippen LogP contribution in [0.1, 0.15) is 11.1 Å². The molecule has 1 aliphatic rings. The molecule has 0 unspecified atom stereocenters. The van der Waals surface area contributed by atoms with Crippen LogP contribution in [0.15, 0.2) is 36.4 Å². The number of nitrogens with zero attached hydrogens (tertiary/aromatic N) is 3. The Balaban J connectivity index is 1.38. The van der Waals surface area contributed by atoms with Gasteiger partial charge in [-0.15, -0.1) is 0 Å². The molecule has 1 N–H and O–H groups in total. The number of urea groups is 1. The van der Waals surface area contributed by atoms with E-state index in [0.717, 1.165) is 35.2 Å². The lowest BCUT2D eigenvalue weighted by Crippen LogP contribution is -2.50. The van der Waals surface area contributed by atoms with Crippen molar-refractivity contribution in [3.8, 4) is 5.75 Å². The van der Waals surface area contributed by atoms with Crippen LogP contribution in [-0.2, 0) is 0 Å². The number of carbonyl (C=O) groups is 1. The Morgan fingerprint density at radius 1 is 1.11 bits per heavy atom. The number of aryl methyl sites for hydroxylation is 2. The number of amides is 2. The average Bonchev–Trinajstić information content (AvgIpc) is 3.13. The minimum Gasteiger partial charge on any atom is -0.497 e. The first-order valence-corrected chi connectivity index (χ1v) is 10.2. The van der Waals surface area contributed by atoms with E-state index in [1.54, 1.807) is 18.4 Å². The number of benzene rings is 2. The monoisotopic (exact) mass is 396 g/mol. The number of nitrogens with one attached hydrogen (secondary N) is 1. The summed E-state index contributed by atoms with van der Waals surface area (Å²) < 4.78 is 6.40. The maximum Gasteiger partial charge on any atom is 0.321 e. The van der Waals surface area contributed by atoms with Gasteiger partial charge in [0, 0.05) is 31.9 Å². The predicted octanol–water partition coefficient (Wildman–Crippen LogP) is 4.28. The van der Waals surface area contributed by atoms with Gasteiger partial charge in [0.1, 0.15) is 5.75 Å². The van der Waals surface area contributed by atoms with E-state index in [-0.39, 0.29) is 6.03 Å². The number of fused-ring (bicyclic) bond motifs is 1. The standard InChI is InChI=1S/C21H24N4O2S/c1-14-12-15(2)19-18(13-14)23-21(28-19)25-10-8-24(9-11-25)20(26)22-16-4-6-17(27-3)7-5-16/h4-7,12-13H,8-11H2,1-3H3,(H,22,26). The Bertz CT molecular complexity index is 992. The van der Waals surface area contributed by atoms with Crippen molar-refractivity contribution in [3.05, 3.63) is 47.5 Å². The summed E-state index contributed by atoms with van der Waals surface area (Å²) in [4.78, 5) is 21.5. The second kappa shape index (κ2) is 7.67. The first-order chi connectivity index (χ1) is 13.5. The highest BCUT2D eigenvalue weighted by molar-refractivity contribution is 7.22. The maximum absolute atomic E-state index is 12.5. The Labute approximate surface area is 168 Å². The molecule has 2 amide bonds. The van der Waals surface area contributed by atoms with Crippen molar-refractivity contribution in [2.24, 2.45) is 0 Å². The van der Waals surface area contributed by atoms with E-state index >= 15 is 0 Å². The second-order valence-electron chi connectivity index (χ2n) is 7.06. The first kappa shape index (κ1) is 18.6. The molecule has 146 valence electrons. The zero-order chi connectivity index (χ0) is 19.7. The normalized spacial score (nSPS) is 14.4. The molecule has 0 spiro atoms. The fourth-order valence-electron chi connectivity index (χ4n) is 3.48. The summed E-state index contributed by atoms with van der Waals surface area (Å²) in [7, 11) is 1.63. The number of methoxy groups -OCH3 is 1. The zero-order valence-electron chi connectivity index (χ0n) is 16.4. The third kappa shape index (κ3) is 3.75. The van der Waals surface area contributed by atoms with Gasteiger partial charge in [0.05, 0.1) is 17.3 Å². The molecule has 2 aromatic carbocycles. The van der Waals surface area contributed by atoms with Gasteiger partial charge in [-0.05, 0) is 55.3 Å². The van der Waals surface area contributed by atoms with Gasteiger partial charge in [0.2, 0.25) is 0 Å². The fourth-order valence-corrected chi connectivity index (χ4v) is 4.55. The fraction of sp³-hybridized carbons (Fsp3) is 0.333. The molecule has 1 saturated heterocycles. The Hall–Kier alpha value is -2.80. The van der Waals surface area contributed by atoms with Crippen molar-refractivity contribution in [1.29, 1.82) is 0 Å². The molecule has 6 nitrogen and oxygen atoms in total. The molecule has 7 heteroatoms. The topological polar surface area (TPSA) is 57.7 Å². The molecule has 0 atom stereocenters. The van der Waals surface area contributed by atoms with Gasteiger partial charge in [-0.3, -0.25) is 0 Å². The summed E-state index contributed by atoms with van der Waals surface area (Å²) in [5, 5.41) is 3.99. The van der Waals surface area contributed by atoms with Gasteiger partial charge < -0.3 is 19.9 Å². The molecular weight excluding hydrogens is 372 g/mol. The highest BCUT2D eigenvalue weighted by Gasteiger charge is 2.23. The first-order valence-electron chi connectivity index (χ1n) is 9.36. The average molecular weight is 397 g/mol. The van der Waals surface area contributed by atoms with Crippen molar-refractivity contribution in [2.45, 2.75) is 13.8 Å². The summed E-state index contributed by atoms with van der Waals surface area (Å²) in [5.41, 5.74) is 4.35. The molecule has 1 aromatic heterocycles. The van der Waals surface area contributed by atoms with Gasteiger partial charge in [-0.1, -0.05) is 17.4 Å². The van der Waals surface area contributed by atoms with Crippen LogP contribution in [0.5, 0.6) is 5.75 Å². The van der Waals surface area contributed by atoms with Crippen LogP contribution in [-0.4, -0.2) is 49.2 Å². The number of carbonyl (C=O) groups excluding carboxylic acids is 1. The van der Waals surface area contributed by atoms with Crippen molar-refractivity contribution in [3.63, 3.8) is 0 Å². The summed E-state index contributed by atoms with van der Waals surface area (Å²) >= 11 is 1.74. The van der Waals surface area contributed by atoms with E-state index in [1.165, 1.54) is 15.8 Å². The Morgan fingerprint density at radius 2 is 1.82 bits per heavy atom. The molecule has 28 heavy (non-hydrogen) atoms. The van der Waals surface area contributed by atoms with Crippen LogP contribution in [0.3, 0.4) is 0 Å². The van der Waals surface area contributed by atoms with Crippen molar-refractivity contribution in [2.75, 3.05) is 43.5 Å². The molecule has 0 radical (unpaired) electrons. The van der Waals surface area contributed by atoms with E-state index in [0.29, 0.717) is 13.1 Å². The quantitative estimate of drug-likeness (QED) is 0.718. The van der Waals surface area contributed by atoms with E-state index in [1.807, 2.05) is 29.2 Å². The summed E-state index contributed by atoms with van der Waals surface area (Å²) in [6, 6.07) is 11.6. The molecule has 1 fully saturated rings. The minimum atomic E-state index is -0.0689. The van der Waals surface area contributed by atoms with Crippen LogP contribution in [0, 0.1) is 13.8 Å². The number of hydrogen-bond donors (Lipinski definition) is 1. The lowest BCUT2D eigenvalue weighted by atomic mass is 10.1. The maximum atomic E-state index is 12.5. The largest absolute Gasteiger partial charge is 0.497 e.